The van der Waals surface area contributed by atoms with E-state index in [1.165, 1.54) is 25.7 Å². The van der Waals surface area contributed by atoms with Gasteiger partial charge in [-0.05, 0) is 37.1 Å². The first kappa shape index (κ1) is 13.2. The van der Waals surface area contributed by atoms with E-state index in [1.54, 1.807) is 12.4 Å². The molecule has 0 spiro atoms. The van der Waals surface area contributed by atoms with Gasteiger partial charge < -0.3 is 5.32 Å². The Morgan fingerprint density at radius 2 is 1.68 bits per heavy atom. The Morgan fingerprint density at radius 3 is 2.50 bits per heavy atom. The average Bonchev–Trinajstić information content (AvgIpc) is 3.09. The zero-order chi connectivity index (χ0) is 14.8. The molecule has 1 fully saturated rings. The van der Waals surface area contributed by atoms with Gasteiger partial charge in [0.15, 0.2) is 5.82 Å². The fraction of sp³-hybridized carbons (Fsp3) is 0.278. The number of nitrogens with zero attached hydrogens (tertiary/aromatic N) is 3. The standard InChI is InChI=1S/C18H18N4/c1-2-6-14(5-1)20-18-15-7-3-4-8-16(15)21-17(22-18)13-9-11-19-12-10-13/h3-4,7-12,14H,1-2,5-6H2,(H,20,21,22). The molecule has 110 valence electrons. The highest BCUT2D eigenvalue weighted by Crippen LogP contribution is 2.28. The zero-order valence-corrected chi connectivity index (χ0v) is 12.4. The van der Waals surface area contributed by atoms with Gasteiger partial charge in [-0.1, -0.05) is 25.0 Å². The van der Waals surface area contributed by atoms with Crippen molar-refractivity contribution in [3.8, 4) is 11.4 Å². The summed E-state index contributed by atoms with van der Waals surface area (Å²) in [5, 5.41) is 4.72. The van der Waals surface area contributed by atoms with Gasteiger partial charge in [0.25, 0.3) is 0 Å². The number of anilines is 1. The summed E-state index contributed by atoms with van der Waals surface area (Å²) in [4.78, 5) is 13.6. The molecule has 1 aliphatic carbocycles. The van der Waals surface area contributed by atoms with Crippen molar-refractivity contribution in [1.82, 2.24) is 15.0 Å². The van der Waals surface area contributed by atoms with E-state index in [0.717, 1.165) is 28.1 Å². The number of para-hydroxylation sites is 1. The molecule has 0 unspecified atom stereocenters. The van der Waals surface area contributed by atoms with Crippen LogP contribution in [0.1, 0.15) is 25.7 Å². The van der Waals surface area contributed by atoms with Crippen molar-refractivity contribution in [2.24, 2.45) is 0 Å². The molecule has 1 aromatic carbocycles. The molecule has 0 radical (unpaired) electrons. The van der Waals surface area contributed by atoms with Crippen LogP contribution in [-0.4, -0.2) is 21.0 Å². The SMILES string of the molecule is c1ccc2c(NC3CCCC3)nc(-c3ccncc3)nc2c1. The topological polar surface area (TPSA) is 50.7 Å². The van der Waals surface area contributed by atoms with Gasteiger partial charge in [-0.2, -0.15) is 0 Å². The third kappa shape index (κ3) is 2.52. The summed E-state index contributed by atoms with van der Waals surface area (Å²) in [6.07, 6.45) is 8.61. The number of aromatic nitrogens is 3. The molecule has 0 amide bonds. The minimum atomic E-state index is 0.531. The minimum Gasteiger partial charge on any atom is -0.367 e. The minimum absolute atomic E-state index is 0.531. The molecule has 4 nitrogen and oxygen atoms in total. The van der Waals surface area contributed by atoms with Crippen LogP contribution in [0.3, 0.4) is 0 Å². The molecule has 0 atom stereocenters. The molecule has 0 saturated heterocycles. The summed E-state index contributed by atoms with van der Waals surface area (Å²) in [5.74, 6) is 1.70. The van der Waals surface area contributed by atoms with Crippen LogP contribution >= 0.6 is 0 Å². The Balaban J connectivity index is 1.82. The lowest BCUT2D eigenvalue weighted by atomic mass is 10.2. The molecule has 4 rings (SSSR count). The first-order valence-corrected chi connectivity index (χ1v) is 7.84. The number of benzene rings is 1. The van der Waals surface area contributed by atoms with E-state index in [0.29, 0.717) is 6.04 Å². The van der Waals surface area contributed by atoms with E-state index in [2.05, 4.69) is 16.4 Å². The summed E-state index contributed by atoms with van der Waals surface area (Å²) in [5.41, 5.74) is 1.97. The predicted octanol–water partition coefficient (Wildman–Crippen LogP) is 4.05. The van der Waals surface area contributed by atoms with Crippen LogP contribution in [0.5, 0.6) is 0 Å². The first-order chi connectivity index (χ1) is 10.9. The van der Waals surface area contributed by atoms with E-state index in [-0.39, 0.29) is 0 Å². The molecule has 22 heavy (non-hydrogen) atoms. The third-order valence-electron chi connectivity index (χ3n) is 4.24. The smallest absolute Gasteiger partial charge is 0.162 e. The number of hydrogen-bond acceptors (Lipinski definition) is 4. The van der Waals surface area contributed by atoms with Crippen molar-refractivity contribution in [1.29, 1.82) is 0 Å². The van der Waals surface area contributed by atoms with Crippen LogP contribution < -0.4 is 5.32 Å². The van der Waals surface area contributed by atoms with Crippen molar-refractivity contribution in [3.05, 3.63) is 48.8 Å². The van der Waals surface area contributed by atoms with Crippen molar-refractivity contribution in [2.45, 2.75) is 31.7 Å². The summed E-state index contributed by atoms with van der Waals surface area (Å²) in [6.45, 7) is 0. The number of nitrogens with one attached hydrogen (secondary N) is 1. The number of hydrogen-bond donors (Lipinski definition) is 1. The van der Waals surface area contributed by atoms with Gasteiger partial charge in [-0.15, -0.1) is 0 Å². The highest BCUT2D eigenvalue weighted by Gasteiger charge is 2.17. The molecule has 3 aromatic rings. The molecule has 2 heterocycles. The molecular weight excluding hydrogens is 272 g/mol. The van der Waals surface area contributed by atoms with Crippen LogP contribution in [0.25, 0.3) is 22.3 Å². The van der Waals surface area contributed by atoms with E-state index in [9.17, 15) is 0 Å². The normalized spacial score (nSPS) is 15.3. The molecule has 1 N–H and O–H groups in total. The van der Waals surface area contributed by atoms with Crippen LogP contribution in [-0.2, 0) is 0 Å². The van der Waals surface area contributed by atoms with E-state index in [4.69, 9.17) is 9.97 Å². The van der Waals surface area contributed by atoms with Crippen LogP contribution in [0, 0.1) is 0 Å². The average molecular weight is 290 g/mol. The third-order valence-corrected chi connectivity index (χ3v) is 4.24. The summed E-state index contributed by atoms with van der Waals surface area (Å²) in [7, 11) is 0. The lowest BCUT2D eigenvalue weighted by molar-refractivity contribution is 0.752. The van der Waals surface area contributed by atoms with E-state index in [1.807, 2.05) is 30.3 Å². The molecule has 1 aliphatic rings. The maximum Gasteiger partial charge on any atom is 0.162 e. The Labute approximate surface area is 129 Å². The number of rotatable bonds is 3. The summed E-state index contributed by atoms with van der Waals surface area (Å²) >= 11 is 0. The molecule has 4 heteroatoms. The summed E-state index contributed by atoms with van der Waals surface area (Å²) < 4.78 is 0. The van der Waals surface area contributed by atoms with Gasteiger partial charge in [-0.3, -0.25) is 4.98 Å². The lowest BCUT2D eigenvalue weighted by Gasteiger charge is -2.15. The van der Waals surface area contributed by atoms with E-state index >= 15 is 0 Å². The van der Waals surface area contributed by atoms with Crippen LogP contribution in [0.2, 0.25) is 0 Å². The Morgan fingerprint density at radius 1 is 0.909 bits per heavy atom. The highest BCUT2D eigenvalue weighted by molar-refractivity contribution is 5.90. The quantitative estimate of drug-likeness (QED) is 0.790. The molecular formula is C18H18N4. The fourth-order valence-corrected chi connectivity index (χ4v) is 3.08. The molecule has 2 aromatic heterocycles. The second kappa shape index (κ2) is 5.72. The van der Waals surface area contributed by atoms with Gasteiger partial charge in [0.2, 0.25) is 0 Å². The Bertz CT molecular complexity index is 779. The van der Waals surface area contributed by atoms with Crippen molar-refractivity contribution < 1.29 is 0 Å². The van der Waals surface area contributed by atoms with Gasteiger partial charge in [0.1, 0.15) is 5.82 Å². The maximum absolute atomic E-state index is 4.78. The fourth-order valence-electron chi connectivity index (χ4n) is 3.08. The number of pyridine rings is 1. The van der Waals surface area contributed by atoms with Gasteiger partial charge >= 0.3 is 0 Å². The van der Waals surface area contributed by atoms with E-state index < -0.39 is 0 Å². The second-order valence-electron chi connectivity index (χ2n) is 5.77. The van der Waals surface area contributed by atoms with Gasteiger partial charge in [-0.25, -0.2) is 9.97 Å². The van der Waals surface area contributed by atoms with Crippen molar-refractivity contribution in [3.63, 3.8) is 0 Å². The van der Waals surface area contributed by atoms with Crippen molar-refractivity contribution >= 4 is 16.7 Å². The van der Waals surface area contributed by atoms with Crippen molar-refractivity contribution in [2.75, 3.05) is 5.32 Å². The lowest BCUT2D eigenvalue weighted by Crippen LogP contribution is -2.16. The highest BCUT2D eigenvalue weighted by atomic mass is 15.1. The maximum atomic E-state index is 4.78. The molecule has 0 bridgehead atoms. The van der Waals surface area contributed by atoms with Gasteiger partial charge in [0.05, 0.1) is 5.52 Å². The molecule has 0 aliphatic heterocycles. The van der Waals surface area contributed by atoms with Gasteiger partial charge in [0, 0.05) is 29.4 Å². The Hall–Kier alpha value is -2.49. The van der Waals surface area contributed by atoms with Crippen LogP contribution in [0.15, 0.2) is 48.8 Å². The van der Waals surface area contributed by atoms with Crippen LogP contribution in [0.4, 0.5) is 5.82 Å². The largest absolute Gasteiger partial charge is 0.367 e. The predicted molar refractivity (Wildman–Crippen MR) is 88.6 cm³/mol. The zero-order valence-electron chi connectivity index (χ0n) is 12.4. The molecule has 1 saturated carbocycles. The Kier molecular flexibility index (Phi) is 3.43. The monoisotopic (exact) mass is 290 g/mol. The summed E-state index contributed by atoms with van der Waals surface area (Å²) in [6, 6.07) is 12.6. The first-order valence-electron chi connectivity index (χ1n) is 7.84. The second-order valence-corrected chi connectivity index (χ2v) is 5.77. The number of fused-ring (bicyclic) bond motifs is 1.